The maximum Gasteiger partial charge on any atom is 0.233 e. The van der Waals surface area contributed by atoms with E-state index in [2.05, 4.69) is 5.32 Å². The summed E-state index contributed by atoms with van der Waals surface area (Å²) in [6.07, 6.45) is 0.535. The molecule has 1 aliphatic rings. The van der Waals surface area contributed by atoms with E-state index in [0.29, 0.717) is 31.4 Å². The summed E-state index contributed by atoms with van der Waals surface area (Å²) >= 11 is 0. The second-order valence-corrected chi connectivity index (χ2v) is 8.97. The number of rotatable bonds is 10. The summed E-state index contributed by atoms with van der Waals surface area (Å²) in [5.74, 6) is 0.0696. The first-order valence-corrected chi connectivity index (χ1v) is 12.2. The van der Waals surface area contributed by atoms with Crippen molar-refractivity contribution in [3.8, 4) is 5.75 Å². The van der Waals surface area contributed by atoms with Gasteiger partial charge in [-0.05, 0) is 65.9 Å². The lowest BCUT2D eigenvalue weighted by Crippen LogP contribution is -2.55. The van der Waals surface area contributed by atoms with Crippen LogP contribution in [0.1, 0.15) is 55.0 Å². The van der Waals surface area contributed by atoms with Crippen LogP contribution in [0.2, 0.25) is 0 Å². The monoisotopic (exact) mass is 490 g/mol. The summed E-state index contributed by atoms with van der Waals surface area (Å²) in [4.78, 5) is 26.6. The third-order valence-electron chi connectivity index (χ3n) is 6.70. The first-order chi connectivity index (χ1) is 17.4. The second-order valence-electron chi connectivity index (χ2n) is 8.97. The van der Waals surface area contributed by atoms with E-state index in [-0.39, 0.29) is 29.6 Å². The van der Waals surface area contributed by atoms with Crippen LogP contribution in [0, 0.1) is 11.7 Å². The Kier molecular flexibility index (Phi) is 8.00. The van der Waals surface area contributed by atoms with Crippen LogP contribution in [-0.4, -0.2) is 24.0 Å². The van der Waals surface area contributed by atoms with Crippen LogP contribution in [0.15, 0.2) is 72.8 Å². The number of methoxy groups -OCH3 is 1. The third-order valence-corrected chi connectivity index (χ3v) is 6.70. The van der Waals surface area contributed by atoms with E-state index in [1.807, 2.05) is 55.5 Å². The van der Waals surface area contributed by atoms with Crippen molar-refractivity contribution >= 4 is 17.5 Å². The molecule has 0 aromatic heterocycles. The van der Waals surface area contributed by atoms with Gasteiger partial charge in [0.15, 0.2) is 0 Å². The number of carbonyl (C=O) groups is 2. The van der Waals surface area contributed by atoms with Crippen LogP contribution in [0.25, 0.3) is 0 Å². The third kappa shape index (κ3) is 5.57. The molecule has 188 valence electrons. The first kappa shape index (κ1) is 25.4. The summed E-state index contributed by atoms with van der Waals surface area (Å²) < 4.78 is 18.5. The fourth-order valence-electron chi connectivity index (χ4n) is 4.59. The van der Waals surface area contributed by atoms with Gasteiger partial charge in [0.25, 0.3) is 0 Å². The maximum absolute atomic E-state index is 13.3. The van der Waals surface area contributed by atoms with Crippen LogP contribution >= 0.6 is 0 Å². The molecular formula is C29H31FN2O4. The van der Waals surface area contributed by atoms with Gasteiger partial charge in [-0.1, -0.05) is 43.3 Å². The summed E-state index contributed by atoms with van der Waals surface area (Å²) in [5, 5.41) is 13.5. The van der Waals surface area contributed by atoms with Gasteiger partial charge in [-0.15, -0.1) is 0 Å². The second kappa shape index (κ2) is 11.4. The number of hydrogen-bond donors (Lipinski definition) is 2. The lowest BCUT2D eigenvalue weighted by atomic mass is 9.78. The molecule has 2 amide bonds. The lowest BCUT2D eigenvalue weighted by molar-refractivity contribution is -0.131. The van der Waals surface area contributed by atoms with E-state index < -0.39 is 6.10 Å². The molecule has 0 aliphatic carbocycles. The van der Waals surface area contributed by atoms with E-state index in [4.69, 9.17) is 4.74 Å². The lowest BCUT2D eigenvalue weighted by Gasteiger charge is -2.48. The Balaban J connectivity index is 1.51. The van der Waals surface area contributed by atoms with Crippen LogP contribution in [0.3, 0.4) is 0 Å². The topological polar surface area (TPSA) is 78.9 Å². The summed E-state index contributed by atoms with van der Waals surface area (Å²) in [6.45, 7) is 2.25. The molecule has 36 heavy (non-hydrogen) atoms. The molecule has 0 radical (unpaired) electrons. The van der Waals surface area contributed by atoms with E-state index in [9.17, 15) is 19.1 Å². The summed E-state index contributed by atoms with van der Waals surface area (Å²) in [7, 11) is 1.61. The van der Waals surface area contributed by atoms with Gasteiger partial charge in [-0.25, -0.2) is 4.39 Å². The van der Waals surface area contributed by atoms with Gasteiger partial charge in [-0.3, -0.25) is 9.59 Å². The van der Waals surface area contributed by atoms with Crippen LogP contribution < -0.4 is 15.0 Å². The number of β-lactam (4-membered cyclic amide) rings is 1. The number of hydrogen-bond acceptors (Lipinski definition) is 4. The predicted octanol–water partition coefficient (Wildman–Crippen LogP) is 5.08. The molecule has 1 heterocycles. The highest BCUT2D eigenvalue weighted by molar-refractivity contribution is 6.03. The molecule has 4 rings (SSSR count). The minimum Gasteiger partial charge on any atom is -0.497 e. The summed E-state index contributed by atoms with van der Waals surface area (Å²) in [5.41, 5.74) is 3.35. The number of halogens is 1. The van der Waals surface area contributed by atoms with Crippen LogP contribution in [0.5, 0.6) is 5.75 Å². The van der Waals surface area contributed by atoms with Crippen molar-refractivity contribution in [2.75, 3.05) is 12.0 Å². The minimum absolute atomic E-state index is 0.00541. The van der Waals surface area contributed by atoms with Gasteiger partial charge in [0.2, 0.25) is 11.8 Å². The standard InChI is InChI=1S/C29H31FN2O4/c1-3-27(34)31-18-19-4-12-23(13-5-19)32-28(21-8-14-24(36-2)15-9-21)25(29(32)35)16-17-26(33)20-6-10-22(30)11-7-20/h4-15,25-26,28,33H,3,16-18H2,1-2H3,(H,31,34). The van der Waals surface area contributed by atoms with Crippen molar-refractivity contribution in [2.45, 2.75) is 44.9 Å². The van der Waals surface area contributed by atoms with Crippen molar-refractivity contribution in [3.63, 3.8) is 0 Å². The van der Waals surface area contributed by atoms with Gasteiger partial charge in [0, 0.05) is 18.7 Å². The number of amides is 2. The fraction of sp³-hybridized carbons (Fsp3) is 0.310. The molecule has 0 spiro atoms. The molecule has 1 fully saturated rings. The molecule has 3 aromatic rings. The van der Waals surface area contributed by atoms with Gasteiger partial charge in [0.05, 0.1) is 25.2 Å². The van der Waals surface area contributed by atoms with Crippen molar-refractivity contribution in [2.24, 2.45) is 5.92 Å². The Morgan fingerprint density at radius 1 is 1.06 bits per heavy atom. The molecule has 1 aliphatic heterocycles. The molecule has 3 atom stereocenters. The number of aliphatic hydroxyl groups excluding tert-OH is 1. The molecule has 7 heteroatoms. The van der Waals surface area contributed by atoms with Crippen molar-refractivity contribution in [1.29, 1.82) is 0 Å². The Morgan fingerprint density at radius 3 is 2.33 bits per heavy atom. The van der Waals surface area contributed by atoms with E-state index in [0.717, 1.165) is 22.6 Å². The average Bonchev–Trinajstić information content (AvgIpc) is 2.91. The van der Waals surface area contributed by atoms with Crippen molar-refractivity contribution < 1.29 is 23.8 Å². The zero-order valence-corrected chi connectivity index (χ0v) is 20.5. The number of benzene rings is 3. The molecule has 3 unspecified atom stereocenters. The molecule has 2 N–H and O–H groups in total. The highest BCUT2D eigenvalue weighted by Crippen LogP contribution is 2.46. The number of nitrogens with one attached hydrogen (secondary N) is 1. The normalized spacial score (nSPS) is 17.9. The molecule has 1 saturated heterocycles. The number of nitrogens with zero attached hydrogens (tertiary/aromatic N) is 1. The van der Waals surface area contributed by atoms with E-state index in [1.165, 1.54) is 12.1 Å². The highest BCUT2D eigenvalue weighted by Gasteiger charge is 2.48. The Morgan fingerprint density at radius 2 is 1.72 bits per heavy atom. The molecule has 0 bridgehead atoms. The maximum atomic E-state index is 13.3. The van der Waals surface area contributed by atoms with E-state index >= 15 is 0 Å². The number of anilines is 1. The fourth-order valence-corrected chi connectivity index (χ4v) is 4.59. The largest absolute Gasteiger partial charge is 0.497 e. The number of ether oxygens (including phenoxy) is 1. The van der Waals surface area contributed by atoms with Crippen molar-refractivity contribution in [3.05, 3.63) is 95.3 Å². The van der Waals surface area contributed by atoms with Gasteiger partial charge in [-0.2, -0.15) is 0 Å². The molecule has 3 aromatic carbocycles. The van der Waals surface area contributed by atoms with Gasteiger partial charge in [0.1, 0.15) is 11.6 Å². The summed E-state index contributed by atoms with van der Waals surface area (Å²) in [6, 6.07) is 20.9. The van der Waals surface area contributed by atoms with Crippen LogP contribution in [-0.2, 0) is 16.1 Å². The minimum atomic E-state index is -0.776. The molecule has 0 saturated carbocycles. The Bertz CT molecular complexity index is 1180. The average molecular weight is 491 g/mol. The smallest absolute Gasteiger partial charge is 0.233 e. The SMILES string of the molecule is CCC(=O)NCc1ccc(N2C(=O)C(CCC(O)c3ccc(F)cc3)C2c2ccc(OC)cc2)cc1. The number of aliphatic hydroxyl groups is 1. The molecular weight excluding hydrogens is 459 g/mol. The van der Waals surface area contributed by atoms with Crippen molar-refractivity contribution in [1.82, 2.24) is 5.32 Å². The van der Waals surface area contributed by atoms with Crippen LogP contribution in [0.4, 0.5) is 10.1 Å². The number of carbonyl (C=O) groups excluding carboxylic acids is 2. The quantitative estimate of drug-likeness (QED) is 0.389. The van der Waals surface area contributed by atoms with Gasteiger partial charge >= 0.3 is 0 Å². The van der Waals surface area contributed by atoms with E-state index in [1.54, 1.807) is 24.1 Å². The van der Waals surface area contributed by atoms with Gasteiger partial charge < -0.3 is 20.1 Å². The Hall–Kier alpha value is -3.71. The Labute approximate surface area is 210 Å². The highest BCUT2D eigenvalue weighted by atomic mass is 19.1. The molecule has 6 nitrogen and oxygen atoms in total. The zero-order chi connectivity index (χ0) is 25.7. The first-order valence-electron chi connectivity index (χ1n) is 12.2. The predicted molar refractivity (Wildman–Crippen MR) is 136 cm³/mol. The zero-order valence-electron chi connectivity index (χ0n) is 20.5.